The number of ether oxygens (including phenoxy) is 1. The molecule has 29 heavy (non-hydrogen) atoms. The van der Waals surface area contributed by atoms with Gasteiger partial charge in [0.15, 0.2) is 0 Å². The standard InChI is InChI=1S/C19H19N5O5/c1-23-16-11(18(27)24(2)19(23)28)7-8-13(21-16)17(26)22-12-5-3-4-6-14(12)29-10-9-15(20)25/h3-8H,9-10H2,1-2H3,(H2,20,25)(H,22,26). The molecule has 150 valence electrons. The van der Waals surface area contributed by atoms with Crippen LogP contribution in [0.4, 0.5) is 5.69 Å². The lowest BCUT2D eigenvalue weighted by molar-refractivity contribution is -0.118. The summed E-state index contributed by atoms with van der Waals surface area (Å²) in [4.78, 5) is 52.0. The van der Waals surface area contributed by atoms with Crippen LogP contribution < -0.4 is 27.0 Å². The topological polar surface area (TPSA) is 138 Å². The van der Waals surface area contributed by atoms with Gasteiger partial charge in [0.2, 0.25) is 5.91 Å². The molecule has 0 unspecified atom stereocenters. The Hall–Kier alpha value is -3.95. The number of hydrogen-bond donors (Lipinski definition) is 2. The molecule has 3 aromatic rings. The number of benzene rings is 1. The Morgan fingerprint density at radius 3 is 2.55 bits per heavy atom. The van der Waals surface area contributed by atoms with Crippen molar-refractivity contribution >= 4 is 28.5 Å². The number of primary amides is 1. The molecule has 1 aromatic carbocycles. The van der Waals surface area contributed by atoms with Crippen molar-refractivity contribution in [3.05, 3.63) is 62.9 Å². The van der Waals surface area contributed by atoms with Gasteiger partial charge in [0.25, 0.3) is 11.5 Å². The lowest BCUT2D eigenvalue weighted by Gasteiger charge is -2.12. The molecule has 10 nitrogen and oxygen atoms in total. The van der Waals surface area contributed by atoms with E-state index in [4.69, 9.17) is 10.5 Å². The lowest BCUT2D eigenvalue weighted by atomic mass is 10.2. The second-order valence-electron chi connectivity index (χ2n) is 6.29. The van der Waals surface area contributed by atoms with E-state index in [-0.39, 0.29) is 29.8 Å². The predicted octanol–water partition coefficient (Wildman–Crippen LogP) is 0.139. The van der Waals surface area contributed by atoms with Crippen molar-refractivity contribution in [2.45, 2.75) is 6.42 Å². The highest BCUT2D eigenvalue weighted by atomic mass is 16.5. The molecule has 0 bridgehead atoms. The van der Waals surface area contributed by atoms with E-state index >= 15 is 0 Å². The molecule has 0 radical (unpaired) electrons. The second kappa shape index (κ2) is 7.97. The van der Waals surface area contributed by atoms with Crippen LogP contribution in [0, 0.1) is 0 Å². The number of anilines is 1. The fraction of sp³-hybridized carbons (Fsp3) is 0.211. The summed E-state index contributed by atoms with van der Waals surface area (Å²) in [6.45, 7) is 0.0713. The summed E-state index contributed by atoms with van der Waals surface area (Å²) in [6.07, 6.45) is 0.0392. The van der Waals surface area contributed by atoms with Crippen molar-refractivity contribution in [2.75, 3.05) is 11.9 Å². The summed E-state index contributed by atoms with van der Waals surface area (Å²) in [5, 5.41) is 2.90. The van der Waals surface area contributed by atoms with Crippen molar-refractivity contribution in [1.82, 2.24) is 14.1 Å². The fourth-order valence-electron chi connectivity index (χ4n) is 2.72. The van der Waals surface area contributed by atoms with Gasteiger partial charge >= 0.3 is 5.69 Å². The summed E-state index contributed by atoms with van der Waals surface area (Å²) >= 11 is 0. The molecule has 10 heteroatoms. The molecule has 0 spiro atoms. The number of aromatic nitrogens is 3. The molecule has 0 aliphatic carbocycles. The van der Waals surface area contributed by atoms with Crippen LogP contribution in [0.5, 0.6) is 5.75 Å². The molecule has 0 saturated carbocycles. The van der Waals surface area contributed by atoms with Gasteiger partial charge < -0.3 is 15.8 Å². The van der Waals surface area contributed by atoms with Crippen molar-refractivity contribution in [3.8, 4) is 5.75 Å². The Morgan fingerprint density at radius 1 is 1.10 bits per heavy atom. The summed E-state index contributed by atoms with van der Waals surface area (Å²) in [7, 11) is 2.85. The van der Waals surface area contributed by atoms with Crippen molar-refractivity contribution < 1.29 is 14.3 Å². The number of fused-ring (bicyclic) bond motifs is 1. The number of nitrogens with one attached hydrogen (secondary N) is 1. The molecule has 0 atom stereocenters. The zero-order valence-corrected chi connectivity index (χ0v) is 15.8. The molecule has 0 aliphatic heterocycles. The SMILES string of the molecule is Cn1c(=O)c2ccc(C(=O)Nc3ccccc3OCCC(N)=O)nc2n(C)c1=O. The van der Waals surface area contributed by atoms with Crippen LogP contribution in [-0.4, -0.2) is 32.5 Å². The van der Waals surface area contributed by atoms with Crippen molar-refractivity contribution in [1.29, 1.82) is 0 Å². The summed E-state index contributed by atoms with van der Waals surface area (Å²) < 4.78 is 7.67. The first-order chi connectivity index (χ1) is 13.8. The lowest BCUT2D eigenvalue weighted by Crippen LogP contribution is -2.37. The second-order valence-corrected chi connectivity index (χ2v) is 6.29. The van der Waals surface area contributed by atoms with E-state index in [0.717, 1.165) is 4.57 Å². The number of hydrogen-bond acceptors (Lipinski definition) is 6. The Kier molecular flexibility index (Phi) is 5.44. The Morgan fingerprint density at radius 2 is 1.83 bits per heavy atom. The zero-order valence-electron chi connectivity index (χ0n) is 15.8. The molecule has 0 fully saturated rings. The number of amides is 2. The van der Waals surface area contributed by atoms with Crippen molar-refractivity contribution in [2.24, 2.45) is 19.8 Å². The third kappa shape index (κ3) is 4.00. The fourth-order valence-corrected chi connectivity index (χ4v) is 2.72. The Labute approximate surface area is 164 Å². The van der Waals surface area contributed by atoms with Crippen LogP contribution in [0.2, 0.25) is 0 Å². The van der Waals surface area contributed by atoms with Crippen LogP contribution in [-0.2, 0) is 18.9 Å². The number of aryl methyl sites for hydroxylation is 1. The average Bonchev–Trinajstić information content (AvgIpc) is 2.71. The van der Waals surface area contributed by atoms with Crippen LogP contribution in [0.25, 0.3) is 11.0 Å². The molecule has 2 aromatic heterocycles. The number of nitrogens with zero attached hydrogens (tertiary/aromatic N) is 3. The molecule has 0 saturated heterocycles. The summed E-state index contributed by atoms with van der Waals surface area (Å²) in [6, 6.07) is 9.54. The highest BCUT2D eigenvalue weighted by Crippen LogP contribution is 2.24. The largest absolute Gasteiger partial charge is 0.491 e. The number of para-hydroxylation sites is 2. The van der Waals surface area contributed by atoms with E-state index < -0.39 is 23.1 Å². The third-order valence-electron chi connectivity index (χ3n) is 4.28. The number of carbonyl (C=O) groups excluding carboxylic acids is 2. The molecular weight excluding hydrogens is 378 g/mol. The van der Waals surface area contributed by atoms with Gasteiger partial charge in [-0.3, -0.25) is 23.5 Å². The monoisotopic (exact) mass is 397 g/mol. The molecule has 3 N–H and O–H groups in total. The quantitative estimate of drug-likeness (QED) is 0.607. The van der Waals surface area contributed by atoms with E-state index in [1.165, 1.54) is 30.8 Å². The number of pyridine rings is 1. The maximum absolute atomic E-state index is 12.7. The van der Waals surface area contributed by atoms with Gasteiger partial charge in [-0.15, -0.1) is 0 Å². The highest BCUT2D eigenvalue weighted by Gasteiger charge is 2.15. The van der Waals surface area contributed by atoms with Crippen LogP contribution in [0.15, 0.2) is 46.0 Å². The Bertz CT molecular complexity index is 1230. The van der Waals surface area contributed by atoms with Gasteiger partial charge in [-0.25, -0.2) is 9.78 Å². The van der Waals surface area contributed by atoms with Gasteiger partial charge in [0, 0.05) is 14.1 Å². The normalized spacial score (nSPS) is 10.7. The van der Waals surface area contributed by atoms with Gasteiger partial charge in [-0.1, -0.05) is 12.1 Å². The van der Waals surface area contributed by atoms with E-state index in [2.05, 4.69) is 10.3 Å². The maximum atomic E-state index is 12.7. The van der Waals surface area contributed by atoms with E-state index in [9.17, 15) is 19.2 Å². The zero-order chi connectivity index (χ0) is 21.1. The predicted molar refractivity (Wildman–Crippen MR) is 106 cm³/mol. The van der Waals surface area contributed by atoms with Crippen LogP contribution in [0.1, 0.15) is 16.9 Å². The summed E-state index contributed by atoms with van der Waals surface area (Å²) in [5.41, 5.74) is 4.57. The molecule has 0 aliphatic rings. The van der Waals surface area contributed by atoms with E-state index in [0.29, 0.717) is 11.4 Å². The maximum Gasteiger partial charge on any atom is 0.332 e. The minimum atomic E-state index is -0.550. The third-order valence-corrected chi connectivity index (χ3v) is 4.28. The first kappa shape index (κ1) is 19.8. The number of nitrogens with two attached hydrogens (primary N) is 1. The van der Waals surface area contributed by atoms with Crippen molar-refractivity contribution in [3.63, 3.8) is 0 Å². The van der Waals surface area contributed by atoms with Gasteiger partial charge in [0.05, 0.1) is 24.1 Å². The van der Waals surface area contributed by atoms with Crippen LogP contribution >= 0.6 is 0 Å². The van der Waals surface area contributed by atoms with Gasteiger partial charge in [-0.05, 0) is 24.3 Å². The molecule has 2 amide bonds. The minimum absolute atomic E-state index is 0.0210. The van der Waals surface area contributed by atoms with Gasteiger partial charge in [-0.2, -0.15) is 0 Å². The summed E-state index contributed by atoms with van der Waals surface area (Å²) in [5.74, 6) is -0.682. The first-order valence-electron chi connectivity index (χ1n) is 8.68. The molecule has 2 heterocycles. The smallest absolute Gasteiger partial charge is 0.332 e. The minimum Gasteiger partial charge on any atom is -0.491 e. The highest BCUT2D eigenvalue weighted by molar-refractivity contribution is 6.04. The number of rotatable bonds is 6. The van der Waals surface area contributed by atoms with Gasteiger partial charge in [0.1, 0.15) is 17.1 Å². The first-order valence-corrected chi connectivity index (χ1v) is 8.68. The van der Waals surface area contributed by atoms with E-state index in [1.807, 2.05) is 0 Å². The number of carbonyl (C=O) groups is 2. The average molecular weight is 397 g/mol. The molecule has 3 rings (SSSR count). The van der Waals surface area contributed by atoms with Crippen LogP contribution in [0.3, 0.4) is 0 Å². The Balaban J connectivity index is 1.91. The molecular formula is C19H19N5O5. The van der Waals surface area contributed by atoms with E-state index in [1.54, 1.807) is 24.3 Å².